The van der Waals surface area contributed by atoms with Crippen molar-refractivity contribution in [3.8, 4) is 0 Å². The molecule has 0 aliphatic heterocycles. The molecule has 17 heavy (non-hydrogen) atoms. The summed E-state index contributed by atoms with van der Waals surface area (Å²) in [4.78, 5) is 11.0. The van der Waals surface area contributed by atoms with E-state index in [9.17, 15) is 26.7 Å². The lowest BCUT2D eigenvalue weighted by Gasteiger charge is -2.28. The van der Waals surface area contributed by atoms with E-state index in [0.717, 1.165) is 6.08 Å². The molecule has 0 aromatic carbocycles. The first-order chi connectivity index (χ1) is 7.71. The van der Waals surface area contributed by atoms with Crippen LogP contribution in [0, 0.1) is 0 Å². The zero-order valence-corrected chi connectivity index (χ0v) is 9.42. The Hall–Kier alpha value is -0.650. The molecule has 0 aromatic heterocycles. The first kappa shape index (κ1) is 14.4. The summed E-state index contributed by atoms with van der Waals surface area (Å²) >= 11 is 5.06. The Balaban J connectivity index is 3.17. The lowest BCUT2D eigenvalue weighted by molar-refractivity contribution is -0.215. The van der Waals surface area contributed by atoms with Crippen molar-refractivity contribution in [2.75, 3.05) is 0 Å². The second kappa shape index (κ2) is 4.92. The van der Waals surface area contributed by atoms with Crippen LogP contribution in [0.15, 0.2) is 11.1 Å². The minimum Gasteiger partial charge on any atom is -0.296 e. The van der Waals surface area contributed by atoms with Crippen molar-refractivity contribution in [1.29, 1.82) is 0 Å². The summed E-state index contributed by atoms with van der Waals surface area (Å²) in [6.45, 7) is 0. The van der Waals surface area contributed by atoms with Gasteiger partial charge in [0.2, 0.25) is 6.17 Å². The third kappa shape index (κ3) is 2.61. The van der Waals surface area contributed by atoms with E-state index in [1.807, 2.05) is 0 Å². The third-order valence-electron chi connectivity index (χ3n) is 2.52. The predicted octanol–water partition coefficient (Wildman–Crippen LogP) is 3.86. The first-order valence-electron chi connectivity index (χ1n) is 5.00. The average molecular weight is 277 g/mol. The number of carbonyl (C=O) groups is 1. The summed E-state index contributed by atoms with van der Waals surface area (Å²) < 4.78 is 65.9. The Morgan fingerprint density at radius 1 is 1.24 bits per heavy atom. The maximum Gasteiger partial charge on any atom is 0.352 e. The SMILES string of the molecule is O=C1CCCC/C=C(/Cl)C(F)(F)C(F)(F)C1F. The number of hydrogen-bond donors (Lipinski definition) is 0. The van der Waals surface area contributed by atoms with Gasteiger partial charge in [0.05, 0.1) is 5.03 Å². The fourth-order valence-corrected chi connectivity index (χ4v) is 1.68. The molecule has 0 radical (unpaired) electrons. The maximum absolute atomic E-state index is 13.2. The Kier molecular flexibility index (Phi) is 4.17. The van der Waals surface area contributed by atoms with Crippen molar-refractivity contribution in [3.63, 3.8) is 0 Å². The molecular weight excluding hydrogens is 267 g/mol. The Labute approximate surface area is 99.6 Å². The molecule has 0 aromatic rings. The summed E-state index contributed by atoms with van der Waals surface area (Å²) in [6, 6.07) is 0. The highest BCUT2D eigenvalue weighted by molar-refractivity contribution is 6.30. The topological polar surface area (TPSA) is 17.1 Å². The molecule has 0 bridgehead atoms. The minimum atomic E-state index is -5.12. The van der Waals surface area contributed by atoms with Crippen molar-refractivity contribution in [2.45, 2.75) is 43.7 Å². The van der Waals surface area contributed by atoms with Crippen LogP contribution >= 0.6 is 11.6 Å². The van der Waals surface area contributed by atoms with Gasteiger partial charge in [-0.3, -0.25) is 4.79 Å². The molecule has 98 valence electrons. The van der Waals surface area contributed by atoms with Crippen molar-refractivity contribution < 1.29 is 26.7 Å². The minimum absolute atomic E-state index is 0.0503. The van der Waals surface area contributed by atoms with Crippen LogP contribution < -0.4 is 0 Å². The van der Waals surface area contributed by atoms with Crippen molar-refractivity contribution in [2.24, 2.45) is 0 Å². The van der Waals surface area contributed by atoms with Crippen LogP contribution in [-0.4, -0.2) is 23.8 Å². The van der Waals surface area contributed by atoms with E-state index in [1.54, 1.807) is 0 Å². The molecule has 1 aliphatic carbocycles. The van der Waals surface area contributed by atoms with Gasteiger partial charge in [0, 0.05) is 6.42 Å². The predicted molar refractivity (Wildman–Crippen MR) is 52.2 cm³/mol. The van der Waals surface area contributed by atoms with E-state index in [-0.39, 0.29) is 12.8 Å². The number of allylic oxidation sites excluding steroid dienone is 2. The maximum atomic E-state index is 13.2. The van der Waals surface area contributed by atoms with E-state index < -0.39 is 35.3 Å². The summed E-state index contributed by atoms with van der Waals surface area (Å²) in [5.74, 6) is -11.5. The second-order valence-electron chi connectivity index (χ2n) is 3.82. The average Bonchev–Trinajstić information content (AvgIpc) is 2.25. The van der Waals surface area contributed by atoms with Crippen molar-refractivity contribution in [3.05, 3.63) is 11.1 Å². The molecule has 0 N–H and O–H groups in total. The highest BCUT2D eigenvalue weighted by Gasteiger charge is 2.65. The number of ketones is 1. The highest BCUT2D eigenvalue weighted by atomic mass is 35.5. The van der Waals surface area contributed by atoms with E-state index in [4.69, 9.17) is 11.6 Å². The molecule has 0 saturated carbocycles. The van der Waals surface area contributed by atoms with Crippen LogP contribution in [0.25, 0.3) is 0 Å². The molecule has 1 unspecified atom stereocenters. The van der Waals surface area contributed by atoms with Gasteiger partial charge < -0.3 is 0 Å². The van der Waals surface area contributed by atoms with E-state index in [1.165, 1.54) is 0 Å². The van der Waals surface area contributed by atoms with Crippen LogP contribution in [0.2, 0.25) is 0 Å². The Morgan fingerprint density at radius 3 is 2.41 bits per heavy atom. The molecule has 7 heteroatoms. The third-order valence-corrected chi connectivity index (χ3v) is 2.91. The molecule has 0 spiro atoms. The zero-order valence-electron chi connectivity index (χ0n) is 8.66. The van der Waals surface area contributed by atoms with Gasteiger partial charge in [-0.1, -0.05) is 17.7 Å². The molecule has 0 amide bonds. The van der Waals surface area contributed by atoms with Crippen LogP contribution in [0.3, 0.4) is 0 Å². The van der Waals surface area contributed by atoms with Gasteiger partial charge in [0.15, 0.2) is 5.78 Å². The van der Waals surface area contributed by atoms with Gasteiger partial charge in [-0.25, -0.2) is 4.39 Å². The number of rotatable bonds is 0. The van der Waals surface area contributed by atoms with Gasteiger partial charge >= 0.3 is 11.8 Å². The second-order valence-corrected chi connectivity index (χ2v) is 4.23. The largest absolute Gasteiger partial charge is 0.352 e. The molecule has 0 fully saturated rings. The summed E-state index contributed by atoms with van der Waals surface area (Å²) in [5.41, 5.74) is 0. The van der Waals surface area contributed by atoms with E-state index in [0.29, 0.717) is 6.42 Å². The summed E-state index contributed by atoms with van der Waals surface area (Å²) in [6.07, 6.45) is -2.72. The normalized spacial score (nSPS) is 32.7. The Bertz CT molecular complexity index is 340. The lowest BCUT2D eigenvalue weighted by Crippen LogP contribution is -2.51. The number of alkyl halides is 5. The molecule has 1 atom stereocenters. The number of Topliss-reactive ketones (excluding diaryl/α,β-unsaturated/α-hetero) is 1. The molecular formula is C10H10ClF5O. The van der Waals surface area contributed by atoms with Crippen molar-refractivity contribution >= 4 is 17.4 Å². The first-order valence-corrected chi connectivity index (χ1v) is 5.37. The quantitative estimate of drug-likeness (QED) is 0.614. The van der Waals surface area contributed by atoms with E-state index in [2.05, 4.69) is 0 Å². The zero-order chi connectivity index (χ0) is 13.3. The monoisotopic (exact) mass is 276 g/mol. The molecule has 1 rings (SSSR count). The number of hydrogen-bond acceptors (Lipinski definition) is 1. The molecule has 1 aliphatic rings. The standard InChI is InChI=1S/C10H10ClF5O/c11-7-5-3-1-2-4-6(17)8(12)10(15,16)9(7,13)14/h5,8H,1-4H2/b7-5+. The van der Waals surface area contributed by atoms with Gasteiger partial charge in [0.25, 0.3) is 0 Å². The number of halogens is 6. The lowest BCUT2D eigenvalue weighted by atomic mass is 9.97. The fraction of sp³-hybridized carbons (Fsp3) is 0.700. The fourth-order valence-electron chi connectivity index (χ4n) is 1.45. The van der Waals surface area contributed by atoms with Crippen LogP contribution in [0.1, 0.15) is 25.7 Å². The van der Waals surface area contributed by atoms with Crippen LogP contribution in [0.5, 0.6) is 0 Å². The van der Waals surface area contributed by atoms with Crippen molar-refractivity contribution in [1.82, 2.24) is 0 Å². The van der Waals surface area contributed by atoms with Gasteiger partial charge in [-0.2, -0.15) is 17.6 Å². The molecule has 0 heterocycles. The van der Waals surface area contributed by atoms with Gasteiger partial charge in [-0.15, -0.1) is 0 Å². The Morgan fingerprint density at radius 2 is 1.82 bits per heavy atom. The molecule has 1 nitrogen and oxygen atoms in total. The number of carbonyl (C=O) groups excluding carboxylic acids is 1. The van der Waals surface area contributed by atoms with Gasteiger partial charge in [-0.05, 0) is 19.3 Å². The smallest absolute Gasteiger partial charge is 0.296 e. The van der Waals surface area contributed by atoms with Gasteiger partial charge in [0.1, 0.15) is 0 Å². The van der Waals surface area contributed by atoms with E-state index >= 15 is 0 Å². The van der Waals surface area contributed by atoms with Crippen LogP contribution in [-0.2, 0) is 4.79 Å². The summed E-state index contributed by atoms with van der Waals surface area (Å²) in [5, 5.41) is -1.42. The van der Waals surface area contributed by atoms with Crippen LogP contribution in [0.4, 0.5) is 22.0 Å². The summed E-state index contributed by atoms with van der Waals surface area (Å²) in [7, 11) is 0. The highest BCUT2D eigenvalue weighted by Crippen LogP contribution is 2.45. The molecule has 0 saturated heterocycles.